The number of aromatic nitrogens is 1. The summed E-state index contributed by atoms with van der Waals surface area (Å²) in [5, 5.41) is 1.21. The van der Waals surface area contributed by atoms with Gasteiger partial charge in [0.25, 0.3) is 0 Å². The molecule has 102 valence electrons. The van der Waals surface area contributed by atoms with E-state index in [9.17, 15) is 0 Å². The lowest BCUT2D eigenvalue weighted by atomic mass is 9.99. The molecule has 0 saturated heterocycles. The van der Waals surface area contributed by atoms with Gasteiger partial charge in [0.15, 0.2) is 0 Å². The first-order valence-corrected chi connectivity index (χ1v) is 7.40. The molecule has 0 saturated carbocycles. The van der Waals surface area contributed by atoms with Crippen LogP contribution < -0.4 is 0 Å². The highest BCUT2D eigenvalue weighted by Crippen LogP contribution is 2.34. The molecule has 1 aromatic heterocycles. The van der Waals surface area contributed by atoms with Gasteiger partial charge in [-0.15, -0.1) is 0 Å². The van der Waals surface area contributed by atoms with Crippen LogP contribution in [-0.2, 0) is 6.42 Å². The molecule has 1 nitrogen and oxygen atoms in total. The van der Waals surface area contributed by atoms with Gasteiger partial charge in [-0.25, -0.2) is 4.98 Å². The van der Waals surface area contributed by atoms with Gasteiger partial charge in [0.1, 0.15) is 0 Å². The summed E-state index contributed by atoms with van der Waals surface area (Å²) in [6, 6.07) is 17.2. The van der Waals surface area contributed by atoms with E-state index in [1.807, 2.05) is 0 Å². The molecule has 1 aliphatic rings. The highest BCUT2D eigenvalue weighted by molar-refractivity contribution is 5.88. The Bertz CT molecular complexity index is 887. The van der Waals surface area contributed by atoms with E-state index in [0.717, 1.165) is 17.6 Å². The molecule has 1 heterocycles. The second-order valence-electron chi connectivity index (χ2n) is 5.77. The van der Waals surface area contributed by atoms with Crippen LogP contribution in [0.3, 0.4) is 0 Å². The second kappa shape index (κ2) is 4.56. The van der Waals surface area contributed by atoms with Gasteiger partial charge in [-0.2, -0.15) is 0 Å². The summed E-state index contributed by atoms with van der Waals surface area (Å²) in [6.45, 7) is 4.31. The number of hydrogen-bond donors (Lipinski definition) is 0. The highest BCUT2D eigenvalue weighted by atomic mass is 14.7. The molecule has 21 heavy (non-hydrogen) atoms. The van der Waals surface area contributed by atoms with Crippen molar-refractivity contribution in [3.05, 3.63) is 82.6 Å². The average molecular weight is 271 g/mol. The molecule has 0 fully saturated rings. The average Bonchev–Trinajstić information content (AvgIpc) is 2.93. The van der Waals surface area contributed by atoms with Crippen LogP contribution in [0, 0.1) is 13.8 Å². The Balaban J connectivity index is 1.90. The van der Waals surface area contributed by atoms with Crippen LogP contribution in [0.4, 0.5) is 0 Å². The lowest BCUT2D eigenvalue weighted by Gasteiger charge is -2.09. The minimum absolute atomic E-state index is 1.02. The molecule has 1 aliphatic carbocycles. The van der Waals surface area contributed by atoms with Gasteiger partial charge in [0.05, 0.1) is 11.2 Å². The number of aryl methyl sites for hydroxylation is 2. The summed E-state index contributed by atoms with van der Waals surface area (Å²) < 4.78 is 0. The van der Waals surface area contributed by atoms with Crippen molar-refractivity contribution in [3.63, 3.8) is 0 Å². The molecular weight excluding hydrogens is 254 g/mol. The number of nitrogens with zero attached hydrogens (tertiary/aromatic N) is 1. The van der Waals surface area contributed by atoms with Gasteiger partial charge >= 0.3 is 0 Å². The van der Waals surface area contributed by atoms with Crippen LogP contribution in [0.25, 0.3) is 16.5 Å². The number of benzene rings is 2. The normalized spacial score (nSPS) is 13.3. The minimum atomic E-state index is 1.02. The van der Waals surface area contributed by atoms with E-state index in [2.05, 4.69) is 68.5 Å². The number of para-hydroxylation sites is 1. The van der Waals surface area contributed by atoms with E-state index in [4.69, 9.17) is 4.98 Å². The standard InChI is InChI=1S/C20H17N/c1-13-5-4-8-17-16(13)10-11-18(17)19-12-9-15-7-3-6-14(2)20(15)21-19/h3-9,11-12H,10H2,1-2H3. The Morgan fingerprint density at radius 2 is 1.67 bits per heavy atom. The maximum absolute atomic E-state index is 4.92. The second-order valence-corrected chi connectivity index (χ2v) is 5.77. The third-order valence-electron chi connectivity index (χ3n) is 4.41. The summed E-state index contributed by atoms with van der Waals surface area (Å²) in [5.74, 6) is 0. The van der Waals surface area contributed by atoms with Gasteiger partial charge in [0, 0.05) is 11.0 Å². The first kappa shape index (κ1) is 12.3. The van der Waals surface area contributed by atoms with Crippen LogP contribution in [0.15, 0.2) is 54.6 Å². The lowest BCUT2D eigenvalue weighted by Crippen LogP contribution is -1.93. The molecule has 0 N–H and O–H groups in total. The van der Waals surface area contributed by atoms with E-state index in [1.165, 1.54) is 33.2 Å². The summed E-state index contributed by atoms with van der Waals surface area (Å²) in [4.78, 5) is 4.92. The van der Waals surface area contributed by atoms with Gasteiger partial charge in [-0.05, 0) is 48.6 Å². The fourth-order valence-electron chi connectivity index (χ4n) is 3.23. The van der Waals surface area contributed by atoms with Crippen molar-refractivity contribution in [1.82, 2.24) is 4.98 Å². The molecule has 0 spiro atoms. The van der Waals surface area contributed by atoms with Crippen LogP contribution in [0.2, 0.25) is 0 Å². The van der Waals surface area contributed by atoms with Crippen molar-refractivity contribution < 1.29 is 0 Å². The molecule has 1 heteroatoms. The summed E-state index contributed by atoms with van der Waals surface area (Å²) >= 11 is 0. The fraction of sp³-hybridized carbons (Fsp3) is 0.150. The third kappa shape index (κ3) is 1.89. The zero-order valence-electron chi connectivity index (χ0n) is 12.4. The van der Waals surface area contributed by atoms with Crippen molar-refractivity contribution in [2.75, 3.05) is 0 Å². The molecule has 0 unspecified atom stereocenters. The van der Waals surface area contributed by atoms with Crippen LogP contribution in [-0.4, -0.2) is 4.98 Å². The molecule has 0 radical (unpaired) electrons. The van der Waals surface area contributed by atoms with Crippen LogP contribution in [0.1, 0.15) is 27.9 Å². The molecule has 0 atom stereocenters. The van der Waals surface area contributed by atoms with E-state index in [1.54, 1.807) is 0 Å². The summed E-state index contributed by atoms with van der Waals surface area (Å²) in [6.07, 6.45) is 3.33. The Morgan fingerprint density at radius 1 is 0.857 bits per heavy atom. The van der Waals surface area contributed by atoms with Gasteiger partial charge < -0.3 is 0 Å². The number of fused-ring (bicyclic) bond motifs is 2. The smallest absolute Gasteiger partial charge is 0.0738 e. The van der Waals surface area contributed by atoms with Crippen molar-refractivity contribution >= 4 is 16.5 Å². The molecule has 3 aromatic rings. The van der Waals surface area contributed by atoms with E-state index < -0.39 is 0 Å². The fourth-order valence-corrected chi connectivity index (χ4v) is 3.23. The van der Waals surface area contributed by atoms with Gasteiger partial charge in [-0.1, -0.05) is 48.5 Å². The molecule has 0 aliphatic heterocycles. The number of rotatable bonds is 1. The predicted molar refractivity (Wildman–Crippen MR) is 88.4 cm³/mol. The van der Waals surface area contributed by atoms with E-state index >= 15 is 0 Å². The van der Waals surface area contributed by atoms with E-state index in [-0.39, 0.29) is 0 Å². The van der Waals surface area contributed by atoms with Gasteiger partial charge in [0.2, 0.25) is 0 Å². The Morgan fingerprint density at radius 3 is 2.57 bits per heavy atom. The van der Waals surface area contributed by atoms with Crippen molar-refractivity contribution in [1.29, 1.82) is 0 Å². The monoisotopic (exact) mass is 271 g/mol. The topological polar surface area (TPSA) is 12.9 Å². The van der Waals surface area contributed by atoms with Crippen molar-refractivity contribution in [2.24, 2.45) is 0 Å². The zero-order chi connectivity index (χ0) is 14.4. The Kier molecular flexibility index (Phi) is 2.68. The zero-order valence-corrected chi connectivity index (χ0v) is 12.4. The maximum atomic E-state index is 4.92. The summed E-state index contributed by atoms with van der Waals surface area (Å²) in [5.41, 5.74) is 8.86. The molecular formula is C20H17N. The largest absolute Gasteiger partial charge is 0.248 e. The lowest BCUT2D eigenvalue weighted by molar-refractivity contribution is 1.24. The number of allylic oxidation sites excluding steroid dienone is 1. The first-order chi connectivity index (χ1) is 10.2. The predicted octanol–water partition coefficient (Wildman–Crippen LogP) is 4.84. The highest BCUT2D eigenvalue weighted by Gasteiger charge is 2.18. The molecule has 4 rings (SSSR count). The number of hydrogen-bond acceptors (Lipinski definition) is 1. The van der Waals surface area contributed by atoms with Crippen LogP contribution in [0.5, 0.6) is 0 Å². The molecule has 0 amide bonds. The Labute approximate surface area is 125 Å². The SMILES string of the molecule is Cc1cccc2c1CC=C2c1ccc2cccc(C)c2n1. The first-order valence-electron chi connectivity index (χ1n) is 7.40. The Hall–Kier alpha value is -2.41. The summed E-state index contributed by atoms with van der Waals surface area (Å²) in [7, 11) is 0. The minimum Gasteiger partial charge on any atom is -0.248 e. The van der Waals surface area contributed by atoms with Crippen molar-refractivity contribution in [3.8, 4) is 0 Å². The third-order valence-corrected chi connectivity index (χ3v) is 4.41. The van der Waals surface area contributed by atoms with E-state index in [0.29, 0.717) is 0 Å². The van der Waals surface area contributed by atoms with Gasteiger partial charge in [-0.3, -0.25) is 0 Å². The molecule has 0 bridgehead atoms. The van der Waals surface area contributed by atoms with Crippen LogP contribution >= 0.6 is 0 Å². The van der Waals surface area contributed by atoms with Crippen molar-refractivity contribution in [2.45, 2.75) is 20.3 Å². The quantitative estimate of drug-likeness (QED) is 0.617. The maximum Gasteiger partial charge on any atom is 0.0738 e. The molecule has 2 aromatic carbocycles. The number of pyridine rings is 1.